The molecule has 3 heterocycles. The van der Waals surface area contributed by atoms with Gasteiger partial charge in [-0.2, -0.15) is 0 Å². The predicted molar refractivity (Wildman–Crippen MR) is 92.6 cm³/mol. The molecule has 2 aliphatic rings. The minimum absolute atomic E-state index is 0.0280. The van der Waals surface area contributed by atoms with Crippen molar-refractivity contribution >= 4 is 22.4 Å². The van der Waals surface area contributed by atoms with Gasteiger partial charge in [-0.1, -0.05) is 30.6 Å². The first-order chi connectivity index (χ1) is 11.8. The number of hydrogen-bond acceptors (Lipinski definition) is 6. The van der Waals surface area contributed by atoms with Crippen molar-refractivity contribution in [1.82, 2.24) is 15.1 Å². The number of amides is 1. The molecule has 0 radical (unpaired) electrons. The van der Waals surface area contributed by atoms with Gasteiger partial charge in [-0.15, -0.1) is 10.2 Å². The summed E-state index contributed by atoms with van der Waals surface area (Å²) >= 11 is 1.74. The maximum absolute atomic E-state index is 12.3. The summed E-state index contributed by atoms with van der Waals surface area (Å²) in [4.78, 5) is 16.4. The first kappa shape index (κ1) is 15.6. The van der Waals surface area contributed by atoms with Gasteiger partial charge in [-0.25, -0.2) is 0 Å². The lowest BCUT2D eigenvalue weighted by molar-refractivity contribution is 0.0714. The minimum Gasteiger partial charge on any atom is -0.459 e. The van der Waals surface area contributed by atoms with Crippen molar-refractivity contribution in [2.45, 2.75) is 38.0 Å². The van der Waals surface area contributed by atoms with E-state index in [-0.39, 0.29) is 5.91 Å². The third-order valence-electron chi connectivity index (χ3n) is 4.95. The lowest BCUT2D eigenvalue weighted by Crippen LogP contribution is -2.48. The molecular formula is C17H22N4O2S. The van der Waals surface area contributed by atoms with Crippen molar-refractivity contribution in [3.05, 3.63) is 29.2 Å². The van der Waals surface area contributed by atoms with Crippen LogP contribution < -0.4 is 4.90 Å². The lowest BCUT2D eigenvalue weighted by Gasteiger charge is -2.33. The van der Waals surface area contributed by atoms with Crippen LogP contribution in [0.5, 0.6) is 0 Å². The molecule has 2 fully saturated rings. The molecule has 1 amide bonds. The highest BCUT2D eigenvalue weighted by molar-refractivity contribution is 7.15. The first-order valence-electron chi connectivity index (χ1n) is 8.72. The van der Waals surface area contributed by atoms with E-state index in [1.807, 2.05) is 4.90 Å². The standard InChI is InChI=1S/C17H22N4O2S/c22-16(14-7-4-12-23-14)20-8-10-21(11-9-20)17-19-18-15(24-17)13-5-2-1-3-6-13/h4,7,12-13H,1-3,5-6,8-11H2. The zero-order chi connectivity index (χ0) is 16.4. The molecule has 1 aliphatic carbocycles. The smallest absolute Gasteiger partial charge is 0.289 e. The average molecular weight is 346 g/mol. The van der Waals surface area contributed by atoms with Crippen LogP contribution in [0.1, 0.15) is 53.6 Å². The second kappa shape index (κ2) is 6.93. The second-order valence-electron chi connectivity index (χ2n) is 6.51. The third kappa shape index (κ3) is 3.17. The van der Waals surface area contributed by atoms with E-state index >= 15 is 0 Å². The van der Waals surface area contributed by atoms with E-state index in [0.717, 1.165) is 18.2 Å². The Morgan fingerprint density at radius 2 is 1.92 bits per heavy atom. The van der Waals surface area contributed by atoms with Crippen LogP contribution in [-0.2, 0) is 0 Å². The van der Waals surface area contributed by atoms with E-state index in [4.69, 9.17) is 4.42 Å². The lowest BCUT2D eigenvalue weighted by atomic mass is 9.90. The summed E-state index contributed by atoms with van der Waals surface area (Å²) < 4.78 is 5.21. The molecule has 0 aromatic carbocycles. The van der Waals surface area contributed by atoms with Gasteiger partial charge >= 0.3 is 0 Å². The van der Waals surface area contributed by atoms with Crippen molar-refractivity contribution in [2.24, 2.45) is 0 Å². The molecule has 0 bridgehead atoms. The summed E-state index contributed by atoms with van der Waals surface area (Å²) in [5, 5.41) is 11.0. The molecule has 4 rings (SSSR count). The number of furan rings is 1. The van der Waals surface area contributed by atoms with Crippen LogP contribution >= 0.6 is 11.3 Å². The maximum Gasteiger partial charge on any atom is 0.289 e. The van der Waals surface area contributed by atoms with Crippen LogP contribution in [0.25, 0.3) is 0 Å². The predicted octanol–water partition coefficient (Wildman–Crippen LogP) is 3.14. The fraction of sp³-hybridized carbons (Fsp3) is 0.588. The molecule has 0 unspecified atom stereocenters. The van der Waals surface area contributed by atoms with Crippen molar-refractivity contribution in [2.75, 3.05) is 31.1 Å². The van der Waals surface area contributed by atoms with Gasteiger partial charge in [-0.05, 0) is 25.0 Å². The van der Waals surface area contributed by atoms with Gasteiger partial charge in [0.15, 0.2) is 5.76 Å². The van der Waals surface area contributed by atoms with Crippen LogP contribution in [0.2, 0.25) is 0 Å². The summed E-state index contributed by atoms with van der Waals surface area (Å²) in [5.41, 5.74) is 0. The van der Waals surface area contributed by atoms with Gasteiger partial charge in [0.25, 0.3) is 5.91 Å². The number of anilines is 1. The van der Waals surface area contributed by atoms with E-state index in [1.165, 1.54) is 43.4 Å². The van der Waals surface area contributed by atoms with Gasteiger partial charge in [0.2, 0.25) is 5.13 Å². The molecule has 1 aliphatic heterocycles. The topological polar surface area (TPSA) is 62.5 Å². The van der Waals surface area contributed by atoms with Crippen molar-refractivity contribution in [1.29, 1.82) is 0 Å². The van der Waals surface area contributed by atoms with Crippen LogP contribution in [0.15, 0.2) is 22.8 Å². The molecule has 0 spiro atoms. The molecule has 6 nitrogen and oxygen atoms in total. The normalized spacial score (nSPS) is 19.7. The second-order valence-corrected chi connectivity index (χ2v) is 7.50. The Balaban J connectivity index is 1.36. The summed E-state index contributed by atoms with van der Waals surface area (Å²) in [6.07, 6.45) is 8.02. The van der Waals surface area contributed by atoms with Crippen LogP contribution in [-0.4, -0.2) is 47.2 Å². The van der Waals surface area contributed by atoms with E-state index in [1.54, 1.807) is 23.5 Å². The summed E-state index contributed by atoms with van der Waals surface area (Å²) in [5.74, 6) is 0.991. The Morgan fingerprint density at radius 3 is 2.62 bits per heavy atom. The van der Waals surface area contributed by atoms with E-state index in [2.05, 4.69) is 15.1 Å². The molecule has 2 aromatic heterocycles. The minimum atomic E-state index is -0.0280. The van der Waals surface area contributed by atoms with Gasteiger partial charge in [-0.3, -0.25) is 4.79 Å². The number of piperazine rings is 1. The Kier molecular flexibility index (Phi) is 4.51. The molecule has 24 heavy (non-hydrogen) atoms. The molecule has 1 saturated carbocycles. The highest BCUT2D eigenvalue weighted by atomic mass is 32.1. The van der Waals surface area contributed by atoms with E-state index in [0.29, 0.717) is 24.8 Å². The molecule has 0 atom stereocenters. The zero-order valence-electron chi connectivity index (χ0n) is 13.7. The third-order valence-corrected chi connectivity index (χ3v) is 6.10. The van der Waals surface area contributed by atoms with Crippen LogP contribution in [0, 0.1) is 0 Å². The van der Waals surface area contributed by atoms with Gasteiger partial charge in [0, 0.05) is 32.1 Å². The number of carbonyl (C=O) groups is 1. The van der Waals surface area contributed by atoms with Crippen molar-refractivity contribution in [3.8, 4) is 0 Å². The van der Waals surface area contributed by atoms with Gasteiger partial charge in [0.05, 0.1) is 6.26 Å². The van der Waals surface area contributed by atoms with Gasteiger partial charge < -0.3 is 14.2 Å². The highest BCUT2D eigenvalue weighted by Crippen LogP contribution is 2.36. The van der Waals surface area contributed by atoms with E-state index in [9.17, 15) is 4.79 Å². The number of aromatic nitrogens is 2. The summed E-state index contributed by atoms with van der Waals surface area (Å²) in [6, 6.07) is 3.47. The monoisotopic (exact) mass is 346 g/mol. The molecule has 0 N–H and O–H groups in total. The fourth-order valence-electron chi connectivity index (χ4n) is 3.53. The van der Waals surface area contributed by atoms with E-state index < -0.39 is 0 Å². The summed E-state index contributed by atoms with van der Waals surface area (Å²) in [7, 11) is 0. The SMILES string of the molecule is O=C(c1ccco1)N1CCN(c2nnc(C3CCCCC3)s2)CC1. The molecular weight excluding hydrogens is 324 g/mol. The van der Waals surface area contributed by atoms with Crippen LogP contribution in [0.4, 0.5) is 5.13 Å². The van der Waals surface area contributed by atoms with Crippen LogP contribution in [0.3, 0.4) is 0 Å². The Bertz CT molecular complexity index is 671. The first-order valence-corrected chi connectivity index (χ1v) is 9.54. The number of rotatable bonds is 3. The fourth-order valence-corrected chi connectivity index (χ4v) is 4.59. The molecule has 128 valence electrons. The maximum atomic E-state index is 12.3. The molecule has 7 heteroatoms. The number of nitrogens with zero attached hydrogens (tertiary/aromatic N) is 4. The quantitative estimate of drug-likeness (QED) is 0.854. The zero-order valence-corrected chi connectivity index (χ0v) is 14.5. The highest BCUT2D eigenvalue weighted by Gasteiger charge is 2.26. The number of hydrogen-bond donors (Lipinski definition) is 0. The summed E-state index contributed by atoms with van der Waals surface area (Å²) in [6.45, 7) is 2.98. The Labute approximate surface area is 145 Å². The average Bonchev–Trinajstić information content (AvgIpc) is 3.34. The molecule has 1 saturated heterocycles. The Hall–Kier alpha value is -1.89. The number of carbonyl (C=O) groups excluding carboxylic acids is 1. The largest absolute Gasteiger partial charge is 0.459 e. The van der Waals surface area contributed by atoms with Crippen molar-refractivity contribution in [3.63, 3.8) is 0 Å². The molecule has 2 aromatic rings. The Morgan fingerprint density at radius 1 is 1.12 bits per heavy atom. The van der Waals surface area contributed by atoms with Gasteiger partial charge in [0.1, 0.15) is 5.01 Å². The van der Waals surface area contributed by atoms with Crippen molar-refractivity contribution < 1.29 is 9.21 Å².